The van der Waals surface area contributed by atoms with E-state index >= 15 is 0 Å². The zero-order valence-corrected chi connectivity index (χ0v) is 11.7. The van der Waals surface area contributed by atoms with Crippen LogP contribution in [-0.4, -0.2) is 29.3 Å². The molecule has 1 heterocycles. The highest BCUT2D eigenvalue weighted by molar-refractivity contribution is 5.30. The predicted molar refractivity (Wildman–Crippen MR) is 71.4 cm³/mol. The Bertz CT molecular complexity index is 333. The summed E-state index contributed by atoms with van der Waals surface area (Å²) < 4.78 is 7.32. The number of ether oxygens (including phenoxy) is 1. The molecule has 1 aromatic rings. The predicted octanol–water partition coefficient (Wildman–Crippen LogP) is 2.68. The van der Waals surface area contributed by atoms with Crippen molar-refractivity contribution in [2.45, 2.75) is 46.7 Å². The summed E-state index contributed by atoms with van der Waals surface area (Å²) in [6.45, 7) is 10.3. The fraction of sp³-hybridized carbons (Fsp3) is 0.769. The van der Waals surface area contributed by atoms with Crippen LogP contribution in [0.5, 0.6) is 0 Å². The summed E-state index contributed by atoms with van der Waals surface area (Å²) in [5, 5.41) is 3.38. The molecule has 0 saturated heterocycles. The maximum atomic E-state index is 5.12. The van der Waals surface area contributed by atoms with Gasteiger partial charge in [-0.25, -0.2) is 4.98 Å². The van der Waals surface area contributed by atoms with Gasteiger partial charge in [0.1, 0.15) is 0 Å². The van der Waals surface area contributed by atoms with Gasteiger partial charge in [-0.05, 0) is 26.2 Å². The lowest BCUT2D eigenvalue weighted by atomic mass is 10.1. The minimum atomic E-state index is 0.277. The smallest absolute Gasteiger partial charge is 0.203 e. The summed E-state index contributed by atoms with van der Waals surface area (Å²) in [6.07, 6.45) is 3.27. The summed E-state index contributed by atoms with van der Waals surface area (Å²) in [7, 11) is 1.72. The number of hydrogen-bond acceptors (Lipinski definition) is 3. The minimum absolute atomic E-state index is 0.277. The van der Waals surface area contributed by atoms with E-state index in [1.807, 2.05) is 6.92 Å². The molecule has 0 radical (unpaired) electrons. The van der Waals surface area contributed by atoms with E-state index in [1.54, 1.807) is 7.11 Å². The van der Waals surface area contributed by atoms with E-state index in [0.29, 0.717) is 12.5 Å². The summed E-state index contributed by atoms with van der Waals surface area (Å²) in [6, 6.07) is 0.277. The van der Waals surface area contributed by atoms with Crippen molar-refractivity contribution in [2.24, 2.45) is 5.92 Å². The van der Waals surface area contributed by atoms with Crippen molar-refractivity contribution < 1.29 is 4.74 Å². The standard InChI is InChI=1S/C13H25N3O/c1-10(2)6-7-16-8-11(3)14-13(16)15-12(4)9-17-5/h8,10,12H,6-7,9H2,1-5H3,(H,14,15). The van der Waals surface area contributed by atoms with Crippen LogP contribution >= 0.6 is 0 Å². The third kappa shape index (κ3) is 4.77. The Morgan fingerprint density at radius 2 is 2.12 bits per heavy atom. The number of aryl methyl sites for hydroxylation is 2. The maximum Gasteiger partial charge on any atom is 0.203 e. The number of imidazole rings is 1. The molecular formula is C13H25N3O. The van der Waals surface area contributed by atoms with Crippen LogP contribution in [0, 0.1) is 12.8 Å². The molecule has 0 fully saturated rings. The van der Waals surface area contributed by atoms with Gasteiger partial charge in [-0.1, -0.05) is 13.8 Å². The molecule has 1 aromatic heterocycles. The Kier molecular flexibility index (Phi) is 5.48. The van der Waals surface area contributed by atoms with E-state index in [4.69, 9.17) is 4.74 Å². The Balaban J connectivity index is 2.63. The fourth-order valence-electron chi connectivity index (χ4n) is 1.74. The molecule has 17 heavy (non-hydrogen) atoms. The van der Waals surface area contributed by atoms with Gasteiger partial charge in [0.15, 0.2) is 0 Å². The number of nitrogens with zero attached hydrogens (tertiary/aromatic N) is 2. The fourth-order valence-corrected chi connectivity index (χ4v) is 1.74. The number of nitrogens with one attached hydrogen (secondary N) is 1. The molecular weight excluding hydrogens is 214 g/mol. The summed E-state index contributed by atoms with van der Waals surface area (Å²) >= 11 is 0. The van der Waals surface area contributed by atoms with Gasteiger partial charge in [-0.2, -0.15) is 0 Å². The van der Waals surface area contributed by atoms with Gasteiger partial charge >= 0.3 is 0 Å². The number of rotatable bonds is 7. The van der Waals surface area contributed by atoms with Crippen LogP contribution in [0.15, 0.2) is 6.20 Å². The SMILES string of the molecule is COCC(C)Nc1nc(C)cn1CCC(C)C. The van der Waals surface area contributed by atoms with Gasteiger partial charge in [0.05, 0.1) is 12.3 Å². The molecule has 0 bridgehead atoms. The van der Waals surface area contributed by atoms with Crippen molar-refractivity contribution in [1.82, 2.24) is 9.55 Å². The van der Waals surface area contributed by atoms with E-state index in [2.05, 4.69) is 41.8 Å². The molecule has 0 amide bonds. The summed E-state index contributed by atoms with van der Waals surface area (Å²) in [4.78, 5) is 4.51. The highest BCUT2D eigenvalue weighted by Gasteiger charge is 2.09. The van der Waals surface area contributed by atoms with Crippen molar-refractivity contribution in [3.05, 3.63) is 11.9 Å². The van der Waals surface area contributed by atoms with Gasteiger partial charge in [0.2, 0.25) is 5.95 Å². The van der Waals surface area contributed by atoms with Crippen LogP contribution in [0.3, 0.4) is 0 Å². The average Bonchev–Trinajstić information content (AvgIpc) is 2.56. The second-order valence-electron chi connectivity index (χ2n) is 5.08. The van der Waals surface area contributed by atoms with E-state index in [0.717, 1.165) is 18.2 Å². The lowest BCUT2D eigenvalue weighted by Gasteiger charge is -2.15. The molecule has 0 saturated carbocycles. The van der Waals surface area contributed by atoms with E-state index in [1.165, 1.54) is 6.42 Å². The Labute approximate surface area is 104 Å². The van der Waals surface area contributed by atoms with Crippen LogP contribution in [0.25, 0.3) is 0 Å². The first-order valence-electron chi connectivity index (χ1n) is 6.32. The number of hydrogen-bond donors (Lipinski definition) is 1. The first-order valence-corrected chi connectivity index (χ1v) is 6.32. The highest BCUT2D eigenvalue weighted by Crippen LogP contribution is 2.12. The molecule has 0 aliphatic carbocycles. The molecule has 4 nitrogen and oxygen atoms in total. The van der Waals surface area contributed by atoms with Gasteiger partial charge in [-0.15, -0.1) is 0 Å². The van der Waals surface area contributed by atoms with Crippen molar-refractivity contribution in [3.8, 4) is 0 Å². The van der Waals surface area contributed by atoms with Crippen LogP contribution < -0.4 is 5.32 Å². The first kappa shape index (κ1) is 14.0. The van der Waals surface area contributed by atoms with E-state index < -0.39 is 0 Å². The third-order valence-corrected chi connectivity index (χ3v) is 2.64. The second kappa shape index (κ2) is 6.64. The lowest BCUT2D eigenvalue weighted by Crippen LogP contribution is -2.23. The molecule has 0 aromatic carbocycles. The molecule has 1 rings (SSSR count). The second-order valence-corrected chi connectivity index (χ2v) is 5.08. The Hall–Kier alpha value is -1.03. The molecule has 0 aliphatic rings. The van der Waals surface area contributed by atoms with Crippen LogP contribution in [0.1, 0.15) is 32.9 Å². The molecule has 0 aliphatic heterocycles. The first-order chi connectivity index (χ1) is 8.02. The molecule has 98 valence electrons. The molecule has 1 N–H and O–H groups in total. The molecule has 1 atom stereocenters. The van der Waals surface area contributed by atoms with Gasteiger partial charge < -0.3 is 14.6 Å². The van der Waals surface area contributed by atoms with Crippen LogP contribution in [-0.2, 0) is 11.3 Å². The quantitative estimate of drug-likeness (QED) is 0.795. The summed E-state index contributed by atoms with van der Waals surface area (Å²) in [5.74, 6) is 1.66. The highest BCUT2D eigenvalue weighted by atomic mass is 16.5. The number of anilines is 1. The van der Waals surface area contributed by atoms with Gasteiger partial charge in [0, 0.05) is 25.9 Å². The van der Waals surface area contributed by atoms with Crippen molar-refractivity contribution in [1.29, 1.82) is 0 Å². The molecule has 1 unspecified atom stereocenters. The van der Waals surface area contributed by atoms with Crippen molar-refractivity contribution in [3.63, 3.8) is 0 Å². The van der Waals surface area contributed by atoms with Crippen molar-refractivity contribution in [2.75, 3.05) is 19.0 Å². The monoisotopic (exact) mass is 239 g/mol. The van der Waals surface area contributed by atoms with Crippen LogP contribution in [0.2, 0.25) is 0 Å². The number of methoxy groups -OCH3 is 1. The molecule has 4 heteroatoms. The largest absolute Gasteiger partial charge is 0.383 e. The Morgan fingerprint density at radius 1 is 1.41 bits per heavy atom. The topological polar surface area (TPSA) is 39.1 Å². The average molecular weight is 239 g/mol. The van der Waals surface area contributed by atoms with Gasteiger partial charge in [0.25, 0.3) is 0 Å². The Morgan fingerprint density at radius 3 is 2.71 bits per heavy atom. The lowest BCUT2D eigenvalue weighted by molar-refractivity contribution is 0.190. The third-order valence-electron chi connectivity index (χ3n) is 2.64. The molecule has 0 spiro atoms. The zero-order chi connectivity index (χ0) is 12.8. The van der Waals surface area contributed by atoms with Gasteiger partial charge in [-0.3, -0.25) is 0 Å². The van der Waals surface area contributed by atoms with Crippen molar-refractivity contribution >= 4 is 5.95 Å². The minimum Gasteiger partial charge on any atom is -0.383 e. The van der Waals surface area contributed by atoms with E-state index in [9.17, 15) is 0 Å². The maximum absolute atomic E-state index is 5.12. The van der Waals surface area contributed by atoms with Crippen LogP contribution in [0.4, 0.5) is 5.95 Å². The zero-order valence-electron chi connectivity index (χ0n) is 11.7. The van der Waals surface area contributed by atoms with E-state index in [-0.39, 0.29) is 6.04 Å². The number of aromatic nitrogens is 2. The normalized spacial score (nSPS) is 13.1. The summed E-state index contributed by atoms with van der Waals surface area (Å²) in [5.41, 5.74) is 1.06.